The zero-order chi connectivity index (χ0) is 22.3. The van der Waals surface area contributed by atoms with E-state index in [1.165, 1.54) is 27.9 Å². The maximum Gasteiger partial charge on any atom is 0.245 e. The van der Waals surface area contributed by atoms with E-state index in [1.807, 2.05) is 6.92 Å². The summed E-state index contributed by atoms with van der Waals surface area (Å²) < 4.78 is 66.4. The first-order chi connectivity index (χ1) is 14.7. The number of hydrogen-bond acceptors (Lipinski definition) is 6. The average molecular weight is 467 g/mol. The third kappa shape index (κ3) is 3.98. The summed E-state index contributed by atoms with van der Waals surface area (Å²) in [6, 6.07) is 13.0. The summed E-state index contributed by atoms with van der Waals surface area (Å²) in [6.45, 7) is 2.79. The van der Waals surface area contributed by atoms with Crippen molar-refractivity contribution in [3.63, 3.8) is 0 Å². The van der Waals surface area contributed by atoms with Crippen LogP contribution in [0.25, 0.3) is 0 Å². The first-order valence-corrected chi connectivity index (χ1v) is 12.9. The molecule has 0 aromatic heterocycles. The lowest BCUT2D eigenvalue weighted by Crippen LogP contribution is -2.55. The molecule has 10 heteroatoms. The van der Waals surface area contributed by atoms with E-state index in [0.29, 0.717) is 5.75 Å². The van der Waals surface area contributed by atoms with Crippen LogP contribution in [0.1, 0.15) is 18.4 Å². The molecule has 0 bridgehead atoms. The number of ether oxygens (including phenoxy) is 2. The van der Waals surface area contributed by atoms with Crippen LogP contribution in [0.5, 0.6) is 5.75 Å². The van der Waals surface area contributed by atoms with Crippen LogP contribution in [-0.2, 0) is 24.8 Å². The lowest BCUT2D eigenvalue weighted by Gasteiger charge is -2.42. The fourth-order valence-electron chi connectivity index (χ4n) is 4.14. The summed E-state index contributed by atoms with van der Waals surface area (Å²) in [5.74, 6) is 0.577. The third-order valence-corrected chi connectivity index (χ3v) is 9.81. The maximum absolute atomic E-state index is 13.3. The second-order valence-electron chi connectivity index (χ2n) is 7.76. The predicted octanol–water partition coefficient (Wildman–Crippen LogP) is 2.21. The Kier molecular flexibility index (Phi) is 5.86. The molecule has 2 saturated heterocycles. The minimum atomic E-state index is -3.75. The summed E-state index contributed by atoms with van der Waals surface area (Å²) in [6.07, 6.45) is 0.543. The number of piperidine rings is 1. The highest BCUT2D eigenvalue weighted by Crippen LogP contribution is 2.39. The van der Waals surface area contributed by atoms with Crippen molar-refractivity contribution in [2.45, 2.75) is 35.3 Å². The fourth-order valence-corrected chi connectivity index (χ4v) is 7.30. The second-order valence-corrected chi connectivity index (χ2v) is 11.6. The van der Waals surface area contributed by atoms with Crippen LogP contribution in [0.4, 0.5) is 0 Å². The van der Waals surface area contributed by atoms with Crippen LogP contribution in [0.15, 0.2) is 58.3 Å². The van der Waals surface area contributed by atoms with Gasteiger partial charge in [0.1, 0.15) is 11.5 Å². The van der Waals surface area contributed by atoms with Crippen LogP contribution in [0.2, 0.25) is 0 Å². The van der Waals surface area contributed by atoms with Gasteiger partial charge in [-0.3, -0.25) is 0 Å². The summed E-state index contributed by atoms with van der Waals surface area (Å²) in [4.78, 5) is 0.400. The van der Waals surface area contributed by atoms with E-state index in [0.717, 1.165) is 5.56 Å². The van der Waals surface area contributed by atoms with Crippen molar-refractivity contribution in [1.82, 2.24) is 8.61 Å². The van der Waals surface area contributed by atoms with Crippen molar-refractivity contribution in [2.24, 2.45) is 0 Å². The molecule has 2 aliphatic rings. The lowest BCUT2D eigenvalue weighted by molar-refractivity contribution is -0.0806. The Hall–Kier alpha value is -1.98. The number of hydrogen-bond donors (Lipinski definition) is 0. The molecule has 0 saturated carbocycles. The van der Waals surface area contributed by atoms with Gasteiger partial charge in [-0.15, -0.1) is 0 Å². The Balaban J connectivity index is 1.54. The van der Waals surface area contributed by atoms with Crippen LogP contribution < -0.4 is 4.74 Å². The van der Waals surface area contributed by atoms with Crippen LogP contribution >= 0.6 is 0 Å². The SMILES string of the molecule is COc1ccc(S(=O)(=O)N2CCC3(CC2)OCCN3S(=O)(=O)c2ccc(C)cc2)cc1. The quantitative estimate of drug-likeness (QED) is 0.671. The van der Waals surface area contributed by atoms with Gasteiger partial charge < -0.3 is 9.47 Å². The maximum atomic E-state index is 13.3. The second kappa shape index (κ2) is 8.18. The Labute approximate surface area is 183 Å². The van der Waals surface area contributed by atoms with E-state index in [9.17, 15) is 16.8 Å². The molecule has 0 aliphatic carbocycles. The first-order valence-electron chi connectivity index (χ1n) is 10.1. The van der Waals surface area contributed by atoms with E-state index in [4.69, 9.17) is 9.47 Å². The normalized spacial score (nSPS) is 20.2. The summed E-state index contributed by atoms with van der Waals surface area (Å²) in [5, 5.41) is 0. The third-order valence-electron chi connectivity index (χ3n) is 5.93. The van der Waals surface area contributed by atoms with Crippen LogP contribution in [0, 0.1) is 6.92 Å². The van der Waals surface area contributed by atoms with Gasteiger partial charge in [0.25, 0.3) is 0 Å². The minimum absolute atomic E-state index is 0.175. The van der Waals surface area contributed by atoms with Gasteiger partial charge in [-0.05, 0) is 43.3 Å². The molecule has 2 heterocycles. The molecule has 0 N–H and O–H groups in total. The summed E-state index contributed by atoms with van der Waals surface area (Å²) >= 11 is 0. The molecule has 0 unspecified atom stereocenters. The van der Waals surface area contributed by atoms with Crippen molar-refractivity contribution >= 4 is 20.0 Å². The van der Waals surface area contributed by atoms with Crippen molar-refractivity contribution in [3.8, 4) is 5.75 Å². The fraction of sp³-hybridized carbons (Fsp3) is 0.429. The van der Waals surface area contributed by atoms with Gasteiger partial charge in [-0.25, -0.2) is 16.8 Å². The molecule has 2 aromatic carbocycles. The van der Waals surface area contributed by atoms with Crippen molar-refractivity contribution < 1.29 is 26.3 Å². The van der Waals surface area contributed by atoms with Gasteiger partial charge in [0.15, 0.2) is 0 Å². The number of nitrogens with zero attached hydrogens (tertiary/aromatic N) is 2. The van der Waals surface area contributed by atoms with Crippen molar-refractivity contribution in [2.75, 3.05) is 33.4 Å². The molecular formula is C21H26N2O6S2. The molecule has 2 fully saturated rings. The molecule has 31 heavy (non-hydrogen) atoms. The first kappa shape index (κ1) is 22.2. The van der Waals surface area contributed by atoms with Gasteiger partial charge in [-0.1, -0.05) is 17.7 Å². The highest BCUT2D eigenvalue weighted by molar-refractivity contribution is 7.89. The van der Waals surface area contributed by atoms with E-state index in [1.54, 1.807) is 36.4 Å². The predicted molar refractivity (Wildman–Crippen MR) is 115 cm³/mol. The number of methoxy groups -OCH3 is 1. The number of sulfonamides is 2. The van der Waals surface area contributed by atoms with Gasteiger partial charge in [0.05, 0.1) is 23.5 Å². The molecule has 8 nitrogen and oxygen atoms in total. The van der Waals surface area contributed by atoms with Crippen LogP contribution in [0.3, 0.4) is 0 Å². The van der Waals surface area contributed by atoms with E-state index >= 15 is 0 Å². The molecule has 0 amide bonds. The monoisotopic (exact) mass is 466 g/mol. The number of rotatable bonds is 5. The number of benzene rings is 2. The standard InChI is InChI=1S/C21H26N2O6S2/c1-17-3-7-20(8-4-17)31(26,27)23-15-16-29-21(23)11-13-22(14-12-21)30(24,25)19-9-5-18(28-2)6-10-19/h3-10H,11-16H2,1-2H3. The van der Waals surface area contributed by atoms with E-state index < -0.39 is 25.8 Å². The van der Waals surface area contributed by atoms with Crippen molar-refractivity contribution in [3.05, 3.63) is 54.1 Å². The molecular weight excluding hydrogens is 440 g/mol. The highest BCUT2D eigenvalue weighted by Gasteiger charge is 2.51. The van der Waals surface area contributed by atoms with Crippen molar-refractivity contribution in [1.29, 1.82) is 0 Å². The smallest absolute Gasteiger partial charge is 0.245 e. The van der Waals surface area contributed by atoms with Gasteiger partial charge in [-0.2, -0.15) is 8.61 Å². The van der Waals surface area contributed by atoms with E-state index in [2.05, 4.69) is 0 Å². The molecule has 2 aliphatic heterocycles. The zero-order valence-electron chi connectivity index (χ0n) is 17.5. The summed E-state index contributed by atoms with van der Waals surface area (Å²) in [7, 11) is -5.92. The highest BCUT2D eigenvalue weighted by atomic mass is 32.2. The lowest BCUT2D eigenvalue weighted by atomic mass is 10.0. The average Bonchev–Trinajstić information content (AvgIpc) is 3.18. The Morgan fingerprint density at radius 1 is 0.839 bits per heavy atom. The van der Waals surface area contributed by atoms with E-state index in [-0.39, 0.29) is 48.9 Å². The van der Waals surface area contributed by atoms with Crippen LogP contribution in [-0.4, -0.2) is 64.5 Å². The Morgan fingerprint density at radius 3 is 1.97 bits per heavy atom. The number of aryl methyl sites for hydroxylation is 1. The van der Waals surface area contributed by atoms with Gasteiger partial charge in [0.2, 0.25) is 20.0 Å². The Morgan fingerprint density at radius 2 is 1.39 bits per heavy atom. The molecule has 168 valence electrons. The Bertz CT molecular complexity index is 1140. The molecule has 0 radical (unpaired) electrons. The molecule has 1 spiro atoms. The van der Waals surface area contributed by atoms with Gasteiger partial charge in [0, 0.05) is 32.5 Å². The molecule has 4 rings (SSSR count). The molecule has 0 atom stereocenters. The topological polar surface area (TPSA) is 93.2 Å². The zero-order valence-corrected chi connectivity index (χ0v) is 19.2. The van der Waals surface area contributed by atoms with Gasteiger partial charge >= 0.3 is 0 Å². The summed E-state index contributed by atoms with van der Waals surface area (Å²) in [5.41, 5.74) is -0.0429. The minimum Gasteiger partial charge on any atom is -0.497 e. The molecule has 2 aromatic rings. The largest absolute Gasteiger partial charge is 0.497 e.